The molecule has 1 heterocycles. The Balaban J connectivity index is 1.99. The van der Waals surface area contributed by atoms with Gasteiger partial charge in [-0.3, -0.25) is 0 Å². The summed E-state index contributed by atoms with van der Waals surface area (Å²) in [7, 11) is 0. The van der Waals surface area contributed by atoms with Crippen LogP contribution in [0.5, 0.6) is 0 Å². The number of ether oxygens (including phenoxy) is 1. The van der Waals surface area contributed by atoms with Gasteiger partial charge in [-0.15, -0.1) is 5.06 Å². The van der Waals surface area contributed by atoms with E-state index in [0.29, 0.717) is 6.54 Å². The first-order valence-electron chi connectivity index (χ1n) is 7.75. The number of carbonyl (C=O) groups is 1. The molecule has 0 radical (unpaired) electrons. The Morgan fingerprint density at radius 3 is 2.39 bits per heavy atom. The second-order valence-corrected chi connectivity index (χ2v) is 7.02. The van der Waals surface area contributed by atoms with E-state index >= 15 is 0 Å². The van der Waals surface area contributed by atoms with E-state index in [0.717, 1.165) is 5.56 Å². The molecular formula is C17H24FNO4. The van der Waals surface area contributed by atoms with E-state index in [-0.39, 0.29) is 24.2 Å². The number of hydrogen-bond donors (Lipinski definition) is 1. The lowest BCUT2D eigenvalue weighted by atomic mass is 9.80. The maximum Gasteiger partial charge on any atom is 0.528 e. The van der Waals surface area contributed by atoms with Gasteiger partial charge in [0.1, 0.15) is 11.4 Å². The molecule has 5 nitrogen and oxygen atoms in total. The maximum absolute atomic E-state index is 13.0. The summed E-state index contributed by atoms with van der Waals surface area (Å²) in [6, 6.07) is 6.14. The third kappa shape index (κ3) is 4.91. The Morgan fingerprint density at radius 2 is 1.87 bits per heavy atom. The summed E-state index contributed by atoms with van der Waals surface area (Å²) in [4.78, 5) is 16.9. The molecule has 1 aromatic rings. The first kappa shape index (κ1) is 17.7. The topological polar surface area (TPSA) is 59.0 Å². The largest absolute Gasteiger partial charge is 0.528 e. The molecule has 128 valence electrons. The summed E-state index contributed by atoms with van der Waals surface area (Å²) < 4.78 is 18.2. The monoisotopic (exact) mass is 325 g/mol. The molecule has 1 N–H and O–H groups in total. The highest BCUT2D eigenvalue weighted by atomic mass is 19.1. The van der Waals surface area contributed by atoms with Gasteiger partial charge in [-0.1, -0.05) is 19.1 Å². The quantitative estimate of drug-likeness (QED) is 0.847. The predicted molar refractivity (Wildman–Crippen MR) is 83.2 cm³/mol. The minimum atomic E-state index is -0.780. The van der Waals surface area contributed by atoms with Gasteiger partial charge in [0.2, 0.25) is 0 Å². The van der Waals surface area contributed by atoms with E-state index in [9.17, 15) is 14.3 Å². The van der Waals surface area contributed by atoms with Gasteiger partial charge >= 0.3 is 6.16 Å². The molecule has 3 atom stereocenters. The minimum absolute atomic E-state index is 0.0339. The average molecular weight is 325 g/mol. The number of carbonyl (C=O) groups excluding carboxylic acids is 1. The molecule has 1 saturated heterocycles. The van der Waals surface area contributed by atoms with Gasteiger partial charge in [0, 0.05) is 12.5 Å². The molecule has 0 saturated carbocycles. The van der Waals surface area contributed by atoms with E-state index in [1.807, 2.05) is 6.92 Å². The lowest BCUT2D eigenvalue weighted by Gasteiger charge is -2.39. The Bertz CT molecular complexity index is 529. The van der Waals surface area contributed by atoms with Gasteiger partial charge in [-0.25, -0.2) is 9.18 Å². The molecule has 1 aliphatic heterocycles. The van der Waals surface area contributed by atoms with Crippen LogP contribution in [0.15, 0.2) is 24.3 Å². The van der Waals surface area contributed by atoms with Crippen LogP contribution in [0.4, 0.5) is 9.18 Å². The number of aliphatic hydroxyl groups excluding tert-OH is 1. The smallest absolute Gasteiger partial charge is 0.427 e. The second-order valence-electron chi connectivity index (χ2n) is 7.02. The molecule has 0 amide bonds. The first-order chi connectivity index (χ1) is 10.7. The fourth-order valence-electron chi connectivity index (χ4n) is 2.89. The lowest BCUT2D eigenvalue weighted by Crippen LogP contribution is -2.48. The Hall–Kier alpha value is -1.66. The van der Waals surface area contributed by atoms with E-state index in [2.05, 4.69) is 0 Å². The van der Waals surface area contributed by atoms with E-state index in [1.54, 1.807) is 32.9 Å². The highest BCUT2D eigenvalue weighted by Crippen LogP contribution is 2.33. The van der Waals surface area contributed by atoms with Crippen LogP contribution in [0.1, 0.15) is 39.2 Å². The van der Waals surface area contributed by atoms with Crippen LogP contribution in [0.25, 0.3) is 0 Å². The molecule has 3 unspecified atom stereocenters. The SMILES string of the molecule is CC1CN(OC(=O)OC(C)(C)C)CC(O)C1c1ccc(F)cc1. The van der Waals surface area contributed by atoms with Gasteiger partial charge < -0.3 is 14.7 Å². The van der Waals surface area contributed by atoms with Crippen LogP contribution >= 0.6 is 0 Å². The molecule has 1 aliphatic rings. The summed E-state index contributed by atoms with van der Waals surface area (Å²) in [5, 5.41) is 11.8. The van der Waals surface area contributed by atoms with Crippen molar-refractivity contribution in [1.82, 2.24) is 5.06 Å². The zero-order valence-electron chi connectivity index (χ0n) is 14.0. The van der Waals surface area contributed by atoms with Crippen LogP contribution in [0, 0.1) is 11.7 Å². The van der Waals surface area contributed by atoms with Crippen LogP contribution in [-0.4, -0.2) is 41.1 Å². The van der Waals surface area contributed by atoms with Crippen LogP contribution in [-0.2, 0) is 9.57 Å². The third-order valence-corrected chi connectivity index (χ3v) is 3.76. The normalized spacial score (nSPS) is 25.9. The van der Waals surface area contributed by atoms with E-state index in [1.165, 1.54) is 17.2 Å². The number of benzene rings is 1. The number of hydrogen-bond acceptors (Lipinski definition) is 5. The predicted octanol–water partition coefficient (Wildman–Crippen LogP) is 3.09. The fourth-order valence-corrected chi connectivity index (χ4v) is 2.89. The van der Waals surface area contributed by atoms with Crippen LogP contribution < -0.4 is 0 Å². The Labute approximate surface area is 136 Å². The Morgan fingerprint density at radius 1 is 1.26 bits per heavy atom. The zero-order chi connectivity index (χ0) is 17.2. The standard InChI is InChI=1S/C17H24FNO4/c1-11-9-19(23-16(21)22-17(2,3)4)10-14(20)15(11)12-5-7-13(18)8-6-12/h5-8,11,14-15,20H,9-10H2,1-4H3. The lowest BCUT2D eigenvalue weighted by molar-refractivity contribution is -0.180. The van der Waals surface area contributed by atoms with E-state index in [4.69, 9.17) is 9.57 Å². The summed E-state index contributed by atoms with van der Waals surface area (Å²) in [6.45, 7) is 7.89. The van der Waals surface area contributed by atoms with Crippen LogP contribution in [0.3, 0.4) is 0 Å². The summed E-state index contributed by atoms with van der Waals surface area (Å²) in [5.74, 6) is -0.401. The average Bonchev–Trinajstić information content (AvgIpc) is 2.37. The molecular weight excluding hydrogens is 301 g/mol. The highest BCUT2D eigenvalue weighted by Gasteiger charge is 2.36. The molecule has 6 heteroatoms. The number of rotatable bonds is 2. The van der Waals surface area contributed by atoms with Crippen molar-refractivity contribution in [3.8, 4) is 0 Å². The van der Waals surface area contributed by atoms with E-state index < -0.39 is 17.9 Å². The molecule has 0 aromatic heterocycles. The first-order valence-corrected chi connectivity index (χ1v) is 7.75. The number of aliphatic hydroxyl groups is 1. The third-order valence-electron chi connectivity index (χ3n) is 3.76. The maximum atomic E-state index is 13.0. The number of hydroxylamine groups is 2. The molecule has 0 bridgehead atoms. The second kappa shape index (κ2) is 6.84. The van der Waals surface area contributed by atoms with Gasteiger partial charge in [0.25, 0.3) is 0 Å². The number of halogens is 1. The van der Waals surface area contributed by atoms with Crippen molar-refractivity contribution in [3.63, 3.8) is 0 Å². The molecule has 1 aromatic carbocycles. The van der Waals surface area contributed by atoms with Gasteiger partial charge in [-0.2, -0.15) is 0 Å². The number of β-amino-alcohol motifs (C(OH)–C–C–N with tert-alkyl or cyclic N) is 1. The van der Waals surface area contributed by atoms with Gasteiger partial charge in [-0.05, 0) is 44.4 Å². The highest BCUT2D eigenvalue weighted by molar-refractivity contribution is 5.60. The van der Waals surface area contributed by atoms with Crippen molar-refractivity contribution in [2.75, 3.05) is 13.1 Å². The summed E-state index contributed by atoms with van der Waals surface area (Å²) in [5.41, 5.74) is 0.247. The molecule has 0 aliphatic carbocycles. The Kier molecular flexibility index (Phi) is 5.26. The van der Waals surface area contributed by atoms with Crippen molar-refractivity contribution in [3.05, 3.63) is 35.6 Å². The molecule has 1 fully saturated rings. The molecule has 2 rings (SSSR count). The van der Waals surface area contributed by atoms with Crippen molar-refractivity contribution < 1.29 is 23.9 Å². The summed E-state index contributed by atoms with van der Waals surface area (Å²) in [6.07, 6.45) is -1.50. The zero-order valence-corrected chi connectivity index (χ0v) is 14.0. The summed E-state index contributed by atoms with van der Waals surface area (Å²) >= 11 is 0. The van der Waals surface area contributed by atoms with Gasteiger partial charge in [0.15, 0.2) is 0 Å². The van der Waals surface area contributed by atoms with Gasteiger partial charge in [0.05, 0.1) is 12.6 Å². The molecule has 0 spiro atoms. The van der Waals surface area contributed by atoms with Crippen molar-refractivity contribution in [2.45, 2.75) is 45.3 Å². The fraction of sp³-hybridized carbons (Fsp3) is 0.588. The minimum Gasteiger partial charge on any atom is -0.427 e. The van der Waals surface area contributed by atoms with Crippen LogP contribution in [0.2, 0.25) is 0 Å². The molecule has 23 heavy (non-hydrogen) atoms. The van der Waals surface area contributed by atoms with Crippen molar-refractivity contribution in [1.29, 1.82) is 0 Å². The number of piperidine rings is 1. The number of nitrogens with zero attached hydrogens (tertiary/aromatic N) is 1. The van der Waals surface area contributed by atoms with Crippen molar-refractivity contribution in [2.24, 2.45) is 5.92 Å². The van der Waals surface area contributed by atoms with Crippen molar-refractivity contribution >= 4 is 6.16 Å².